The smallest absolute Gasteiger partial charge is 0.0279 e. The Morgan fingerprint density at radius 1 is 1.10 bits per heavy atom. The Morgan fingerprint density at radius 3 is 2.40 bits per heavy atom. The van der Waals surface area contributed by atoms with Gasteiger partial charge in [-0.2, -0.15) is 0 Å². The molecule has 0 fully saturated rings. The molecule has 1 rings (SSSR count). The minimum Gasteiger partial charge on any atom is -0.0622 e. The van der Waals surface area contributed by atoms with E-state index in [0.29, 0.717) is 0 Å². The quantitative estimate of drug-likeness (QED) is 0.594. The van der Waals surface area contributed by atoms with E-state index in [1.165, 1.54) is 18.4 Å². The Balaban J connectivity index is 2.43. The molecule has 0 unspecified atom stereocenters. The van der Waals surface area contributed by atoms with Crippen molar-refractivity contribution in [3.8, 4) is 0 Å². The monoisotopic (exact) mass is 133 g/mol. The summed E-state index contributed by atoms with van der Waals surface area (Å²) in [6.07, 6.45) is 3.41. The van der Waals surface area contributed by atoms with E-state index in [4.69, 9.17) is 0 Å². The molecule has 1 radical (unpaired) electrons. The number of rotatable bonds is 3. The van der Waals surface area contributed by atoms with Crippen molar-refractivity contribution in [2.45, 2.75) is 19.3 Å². The van der Waals surface area contributed by atoms with Gasteiger partial charge < -0.3 is 0 Å². The molecule has 0 saturated carbocycles. The van der Waals surface area contributed by atoms with Crippen LogP contribution in [0.3, 0.4) is 0 Å². The number of hydrogen-bond acceptors (Lipinski definition) is 0. The van der Waals surface area contributed by atoms with E-state index in [1.807, 2.05) is 6.07 Å². The van der Waals surface area contributed by atoms with Crippen molar-refractivity contribution in [1.29, 1.82) is 0 Å². The lowest BCUT2D eigenvalue weighted by atomic mass is 10.1. The molecule has 0 saturated heterocycles. The molecule has 0 N–H and O–H groups in total. The van der Waals surface area contributed by atoms with E-state index in [2.05, 4.69) is 31.2 Å². The molecule has 1 aromatic rings. The average molecular weight is 133 g/mol. The van der Waals surface area contributed by atoms with Gasteiger partial charge >= 0.3 is 0 Å². The first-order chi connectivity index (χ1) is 4.93. The third-order valence-electron chi connectivity index (χ3n) is 1.56. The summed E-state index contributed by atoms with van der Waals surface area (Å²) >= 11 is 0. The predicted octanol–water partition coefficient (Wildman–Crippen LogP) is 2.84. The molecule has 0 aliphatic heterocycles. The summed E-state index contributed by atoms with van der Waals surface area (Å²) in [7, 11) is 0. The van der Waals surface area contributed by atoms with Gasteiger partial charge in [-0.25, -0.2) is 0 Å². The molecule has 53 valence electrons. The second kappa shape index (κ2) is 4.10. The van der Waals surface area contributed by atoms with E-state index in [1.54, 1.807) is 0 Å². The van der Waals surface area contributed by atoms with Gasteiger partial charge in [-0.1, -0.05) is 43.7 Å². The second-order valence-corrected chi connectivity index (χ2v) is 2.44. The van der Waals surface area contributed by atoms with Gasteiger partial charge in [0.2, 0.25) is 0 Å². The molecular formula is C10H13. The normalized spacial score (nSPS) is 9.70. The van der Waals surface area contributed by atoms with E-state index in [0.717, 1.165) is 6.42 Å². The zero-order valence-corrected chi connectivity index (χ0v) is 6.22. The average Bonchev–Trinajstić information content (AvgIpc) is 2.03. The lowest BCUT2D eigenvalue weighted by Crippen LogP contribution is -1.81. The van der Waals surface area contributed by atoms with Gasteiger partial charge in [0.1, 0.15) is 0 Å². The maximum absolute atomic E-state index is 3.80. The van der Waals surface area contributed by atoms with Crippen LogP contribution in [-0.4, -0.2) is 0 Å². The van der Waals surface area contributed by atoms with Crippen LogP contribution in [0.1, 0.15) is 18.4 Å². The molecule has 0 aromatic heterocycles. The maximum atomic E-state index is 3.80. The van der Waals surface area contributed by atoms with Crippen LogP contribution in [0.5, 0.6) is 0 Å². The standard InChI is InChI=1S/C10H13/c1-2-3-7-10-8-5-4-6-9-10/h4-6,8-9H,1-3,7H2. The fourth-order valence-corrected chi connectivity index (χ4v) is 0.974. The Kier molecular flexibility index (Phi) is 3.01. The summed E-state index contributed by atoms with van der Waals surface area (Å²) in [5.41, 5.74) is 1.42. The minimum absolute atomic E-state index is 1.04. The van der Waals surface area contributed by atoms with Gasteiger partial charge in [0, 0.05) is 0 Å². The summed E-state index contributed by atoms with van der Waals surface area (Å²) in [5, 5.41) is 0. The van der Waals surface area contributed by atoms with Crippen LogP contribution < -0.4 is 0 Å². The van der Waals surface area contributed by atoms with Crippen LogP contribution in [0.15, 0.2) is 30.3 Å². The molecule has 0 aliphatic carbocycles. The Morgan fingerprint density at radius 2 is 1.80 bits per heavy atom. The lowest BCUT2D eigenvalue weighted by Gasteiger charge is -1.96. The first-order valence-corrected chi connectivity index (χ1v) is 3.76. The maximum Gasteiger partial charge on any atom is -0.0279 e. The Hall–Kier alpha value is -0.780. The summed E-state index contributed by atoms with van der Waals surface area (Å²) in [4.78, 5) is 0. The van der Waals surface area contributed by atoms with E-state index in [-0.39, 0.29) is 0 Å². The third kappa shape index (κ3) is 2.22. The lowest BCUT2D eigenvalue weighted by molar-refractivity contribution is 0.841. The Bertz CT molecular complexity index is 165. The van der Waals surface area contributed by atoms with Gasteiger partial charge in [-0.3, -0.25) is 0 Å². The van der Waals surface area contributed by atoms with Crippen LogP contribution in [0, 0.1) is 6.92 Å². The first-order valence-electron chi connectivity index (χ1n) is 3.76. The van der Waals surface area contributed by atoms with Crippen molar-refractivity contribution >= 4 is 0 Å². The van der Waals surface area contributed by atoms with Crippen molar-refractivity contribution in [3.63, 3.8) is 0 Å². The summed E-state index contributed by atoms with van der Waals surface area (Å²) in [5.74, 6) is 0. The van der Waals surface area contributed by atoms with Gasteiger partial charge in [-0.05, 0) is 18.4 Å². The molecule has 0 spiro atoms. The molecule has 10 heavy (non-hydrogen) atoms. The molecule has 0 amide bonds. The molecule has 0 nitrogen and oxygen atoms in total. The predicted molar refractivity (Wildman–Crippen MR) is 44.7 cm³/mol. The van der Waals surface area contributed by atoms with E-state index >= 15 is 0 Å². The minimum atomic E-state index is 1.04. The highest BCUT2D eigenvalue weighted by atomic mass is 13.9. The zero-order chi connectivity index (χ0) is 7.23. The van der Waals surface area contributed by atoms with Crippen molar-refractivity contribution in [1.82, 2.24) is 0 Å². The largest absolute Gasteiger partial charge is 0.0622 e. The fourth-order valence-electron chi connectivity index (χ4n) is 0.974. The number of benzene rings is 1. The van der Waals surface area contributed by atoms with Crippen LogP contribution in [-0.2, 0) is 6.42 Å². The van der Waals surface area contributed by atoms with Crippen molar-refractivity contribution < 1.29 is 0 Å². The Labute approximate surface area is 62.9 Å². The van der Waals surface area contributed by atoms with Crippen molar-refractivity contribution in [3.05, 3.63) is 42.8 Å². The number of unbranched alkanes of at least 4 members (excludes halogenated alkanes) is 1. The van der Waals surface area contributed by atoms with E-state index < -0.39 is 0 Å². The van der Waals surface area contributed by atoms with Crippen molar-refractivity contribution in [2.24, 2.45) is 0 Å². The van der Waals surface area contributed by atoms with Gasteiger partial charge in [-0.15, -0.1) is 0 Å². The zero-order valence-electron chi connectivity index (χ0n) is 6.22. The highest BCUT2D eigenvalue weighted by Crippen LogP contribution is 2.02. The van der Waals surface area contributed by atoms with Crippen LogP contribution in [0.4, 0.5) is 0 Å². The molecule has 0 heterocycles. The topological polar surface area (TPSA) is 0 Å². The van der Waals surface area contributed by atoms with Crippen LogP contribution >= 0.6 is 0 Å². The highest BCUT2D eigenvalue weighted by Gasteiger charge is 1.87. The first kappa shape index (κ1) is 7.33. The van der Waals surface area contributed by atoms with Crippen molar-refractivity contribution in [2.75, 3.05) is 0 Å². The second-order valence-electron chi connectivity index (χ2n) is 2.44. The summed E-state index contributed by atoms with van der Waals surface area (Å²) in [6, 6.07) is 10.5. The van der Waals surface area contributed by atoms with Crippen LogP contribution in [0.25, 0.3) is 0 Å². The SMILES string of the molecule is [CH2]CCCc1ccccc1. The molecule has 0 atom stereocenters. The third-order valence-corrected chi connectivity index (χ3v) is 1.56. The molecular weight excluding hydrogens is 120 g/mol. The molecule has 0 heteroatoms. The highest BCUT2D eigenvalue weighted by molar-refractivity contribution is 5.14. The number of hydrogen-bond donors (Lipinski definition) is 0. The van der Waals surface area contributed by atoms with Gasteiger partial charge in [0.05, 0.1) is 0 Å². The molecule has 1 aromatic carbocycles. The van der Waals surface area contributed by atoms with E-state index in [9.17, 15) is 0 Å². The molecule has 0 bridgehead atoms. The number of aryl methyl sites for hydroxylation is 1. The molecule has 0 aliphatic rings. The van der Waals surface area contributed by atoms with Gasteiger partial charge in [0.25, 0.3) is 0 Å². The van der Waals surface area contributed by atoms with Gasteiger partial charge in [0.15, 0.2) is 0 Å². The van der Waals surface area contributed by atoms with Crippen LogP contribution in [0.2, 0.25) is 0 Å². The summed E-state index contributed by atoms with van der Waals surface area (Å²) in [6.45, 7) is 3.80. The fraction of sp³-hybridized carbons (Fsp3) is 0.300. The summed E-state index contributed by atoms with van der Waals surface area (Å²) < 4.78 is 0.